The lowest BCUT2D eigenvalue weighted by atomic mass is 10.2. The Morgan fingerprint density at radius 3 is 2.55 bits per heavy atom. The maximum absolute atomic E-state index is 14.2. The Morgan fingerprint density at radius 1 is 1.25 bits per heavy atom. The minimum absolute atomic E-state index is 0.0728. The predicted octanol–water partition coefficient (Wildman–Crippen LogP) is 4.74. The third-order valence-corrected chi connectivity index (χ3v) is 4.36. The molecule has 0 aliphatic carbocycles. The van der Waals surface area contributed by atoms with E-state index in [-0.39, 0.29) is 16.1 Å². The Hall–Kier alpha value is -1.40. The molecular weight excluding hydrogens is 391 g/mol. The van der Waals surface area contributed by atoms with Gasteiger partial charge in [-0.05, 0) is 58.7 Å². The van der Waals surface area contributed by atoms with Gasteiger partial charge in [0.05, 0.1) is 4.47 Å². The zero-order chi connectivity index (χ0) is 14.9. The molecule has 2 aromatic carbocycles. The quantitative estimate of drug-likeness (QED) is 0.576. The molecule has 3 nitrogen and oxygen atoms in total. The van der Waals surface area contributed by atoms with E-state index < -0.39 is 5.82 Å². The number of hydrogen-bond donors (Lipinski definition) is 2. The third-order valence-electron chi connectivity index (χ3n) is 2.69. The largest absolute Gasteiger partial charge is 0.454 e. The van der Waals surface area contributed by atoms with Crippen molar-refractivity contribution in [3.8, 4) is 11.5 Å². The maximum Gasteiger partial charge on any atom is 0.180 e. The highest BCUT2D eigenvalue weighted by Gasteiger charge is 2.14. The monoisotopic (exact) mass is 400 g/mol. The molecule has 3 N–H and O–H groups in total. The van der Waals surface area contributed by atoms with Crippen LogP contribution in [0, 0.1) is 18.2 Å². The molecule has 2 aromatic rings. The first kappa shape index (κ1) is 15.0. The molecule has 0 fully saturated rings. The number of nitrogens with one attached hydrogen (secondary N) is 1. The number of benzene rings is 2. The zero-order valence-corrected chi connectivity index (χ0v) is 13.7. The van der Waals surface area contributed by atoms with Gasteiger partial charge in [-0.3, -0.25) is 5.41 Å². The van der Waals surface area contributed by atoms with Crippen molar-refractivity contribution in [2.75, 3.05) is 0 Å². The smallest absolute Gasteiger partial charge is 0.180 e. The summed E-state index contributed by atoms with van der Waals surface area (Å²) in [5, 5.41) is 7.35. The molecular formula is C14H11Br2FN2O. The molecule has 0 bridgehead atoms. The van der Waals surface area contributed by atoms with Gasteiger partial charge in [0.1, 0.15) is 11.6 Å². The summed E-state index contributed by atoms with van der Waals surface area (Å²) in [6, 6.07) is 8.37. The van der Waals surface area contributed by atoms with Gasteiger partial charge in [-0.25, -0.2) is 4.39 Å². The number of halogens is 3. The second kappa shape index (κ2) is 5.93. The van der Waals surface area contributed by atoms with Gasteiger partial charge in [0.2, 0.25) is 0 Å². The van der Waals surface area contributed by atoms with Crippen LogP contribution in [-0.4, -0.2) is 5.84 Å². The number of rotatable bonds is 3. The normalized spacial score (nSPS) is 10.4. The second-order valence-corrected chi connectivity index (χ2v) is 5.81. The van der Waals surface area contributed by atoms with Crippen LogP contribution in [0.4, 0.5) is 4.39 Å². The van der Waals surface area contributed by atoms with Crippen LogP contribution in [0.15, 0.2) is 39.3 Å². The molecule has 0 saturated carbocycles. The minimum Gasteiger partial charge on any atom is -0.454 e. The number of amidine groups is 1. The zero-order valence-electron chi connectivity index (χ0n) is 10.5. The van der Waals surface area contributed by atoms with Gasteiger partial charge in [0.15, 0.2) is 11.6 Å². The topological polar surface area (TPSA) is 59.1 Å². The molecule has 0 heterocycles. The molecule has 0 spiro atoms. The van der Waals surface area contributed by atoms with E-state index in [0.29, 0.717) is 11.3 Å². The van der Waals surface area contributed by atoms with Crippen molar-refractivity contribution >= 4 is 37.7 Å². The highest BCUT2D eigenvalue weighted by atomic mass is 79.9. The molecule has 2 rings (SSSR count). The molecule has 0 saturated heterocycles. The molecule has 6 heteroatoms. The lowest BCUT2D eigenvalue weighted by Crippen LogP contribution is -2.12. The van der Waals surface area contributed by atoms with Crippen LogP contribution in [0.25, 0.3) is 0 Å². The first-order chi connectivity index (χ1) is 9.40. The lowest BCUT2D eigenvalue weighted by molar-refractivity contribution is 0.440. The molecule has 104 valence electrons. The van der Waals surface area contributed by atoms with Crippen LogP contribution < -0.4 is 10.5 Å². The summed E-state index contributed by atoms with van der Waals surface area (Å²) in [5.41, 5.74) is 6.64. The van der Waals surface area contributed by atoms with Crippen molar-refractivity contribution in [1.29, 1.82) is 5.41 Å². The Balaban J connectivity index is 2.37. The summed E-state index contributed by atoms with van der Waals surface area (Å²) in [7, 11) is 0. The van der Waals surface area contributed by atoms with E-state index in [1.54, 1.807) is 12.1 Å². The molecule has 0 amide bonds. The maximum atomic E-state index is 14.2. The first-order valence-electron chi connectivity index (χ1n) is 5.66. The van der Waals surface area contributed by atoms with Gasteiger partial charge < -0.3 is 10.5 Å². The van der Waals surface area contributed by atoms with Crippen molar-refractivity contribution in [3.63, 3.8) is 0 Å². The molecule has 0 aromatic heterocycles. The third kappa shape index (κ3) is 3.02. The summed E-state index contributed by atoms with van der Waals surface area (Å²) in [4.78, 5) is 0. The Morgan fingerprint density at radius 2 is 1.95 bits per heavy atom. The van der Waals surface area contributed by atoms with E-state index in [1.807, 2.05) is 13.0 Å². The summed E-state index contributed by atoms with van der Waals surface area (Å²) < 4.78 is 20.8. The fourth-order valence-corrected chi connectivity index (χ4v) is 2.41. The van der Waals surface area contributed by atoms with E-state index in [2.05, 4.69) is 31.9 Å². The Bertz CT molecular complexity index is 689. The van der Waals surface area contributed by atoms with Crippen molar-refractivity contribution in [2.24, 2.45) is 5.73 Å². The standard InChI is InChI=1S/C14H11Br2FN2O/c1-7-6-8(2-4-10(7)15)20-11-5-3-9(14(18)19)12(16)13(11)17/h2-6H,1H3,(H3,18,19). The van der Waals surface area contributed by atoms with E-state index in [0.717, 1.165) is 10.0 Å². The van der Waals surface area contributed by atoms with Gasteiger partial charge in [0, 0.05) is 10.0 Å². The van der Waals surface area contributed by atoms with Crippen molar-refractivity contribution in [2.45, 2.75) is 6.92 Å². The molecule has 0 radical (unpaired) electrons. The lowest BCUT2D eigenvalue weighted by Gasteiger charge is -2.11. The second-order valence-electron chi connectivity index (χ2n) is 4.17. The predicted molar refractivity (Wildman–Crippen MR) is 84.1 cm³/mol. The van der Waals surface area contributed by atoms with Gasteiger partial charge in [0.25, 0.3) is 0 Å². The highest BCUT2D eigenvalue weighted by Crippen LogP contribution is 2.32. The summed E-state index contributed by atoms with van der Waals surface area (Å²) in [6.07, 6.45) is 0. The van der Waals surface area contributed by atoms with Crippen LogP contribution in [-0.2, 0) is 0 Å². The first-order valence-corrected chi connectivity index (χ1v) is 7.25. The van der Waals surface area contributed by atoms with E-state index in [4.69, 9.17) is 15.9 Å². The minimum atomic E-state index is -0.585. The van der Waals surface area contributed by atoms with E-state index in [9.17, 15) is 4.39 Å². The Labute approximate surface area is 132 Å². The van der Waals surface area contributed by atoms with Gasteiger partial charge >= 0.3 is 0 Å². The number of nitrogens with two attached hydrogens (primary N) is 1. The average Bonchev–Trinajstić information content (AvgIpc) is 2.39. The van der Waals surface area contributed by atoms with Gasteiger partial charge in [-0.1, -0.05) is 15.9 Å². The number of aryl methyl sites for hydroxylation is 1. The van der Waals surface area contributed by atoms with Crippen LogP contribution in [0.3, 0.4) is 0 Å². The van der Waals surface area contributed by atoms with E-state index in [1.165, 1.54) is 12.1 Å². The summed E-state index contributed by atoms with van der Waals surface area (Å²) >= 11 is 6.48. The van der Waals surface area contributed by atoms with Gasteiger partial charge in [-0.15, -0.1) is 0 Å². The average molecular weight is 402 g/mol. The fraction of sp³-hybridized carbons (Fsp3) is 0.0714. The Kier molecular flexibility index (Phi) is 4.45. The molecule has 20 heavy (non-hydrogen) atoms. The number of hydrogen-bond acceptors (Lipinski definition) is 2. The van der Waals surface area contributed by atoms with Crippen LogP contribution in [0.5, 0.6) is 11.5 Å². The van der Waals surface area contributed by atoms with Crippen molar-refractivity contribution in [1.82, 2.24) is 0 Å². The van der Waals surface area contributed by atoms with Crippen LogP contribution in [0.2, 0.25) is 0 Å². The van der Waals surface area contributed by atoms with Crippen LogP contribution >= 0.6 is 31.9 Å². The highest BCUT2D eigenvalue weighted by molar-refractivity contribution is 9.10. The number of nitrogen functional groups attached to an aromatic ring is 1. The summed E-state index contributed by atoms with van der Waals surface area (Å²) in [6.45, 7) is 1.92. The number of ether oxygens (including phenoxy) is 1. The molecule has 0 unspecified atom stereocenters. The molecule has 0 aliphatic rings. The van der Waals surface area contributed by atoms with E-state index >= 15 is 0 Å². The van der Waals surface area contributed by atoms with Crippen molar-refractivity contribution < 1.29 is 9.13 Å². The SMILES string of the molecule is Cc1cc(Oc2ccc(C(=N)N)c(Br)c2F)ccc1Br. The summed E-state index contributed by atoms with van der Waals surface area (Å²) in [5.74, 6) is -0.184. The van der Waals surface area contributed by atoms with Gasteiger partial charge in [-0.2, -0.15) is 0 Å². The van der Waals surface area contributed by atoms with Crippen LogP contribution in [0.1, 0.15) is 11.1 Å². The molecule has 0 atom stereocenters. The molecule has 0 aliphatic heterocycles. The fourth-order valence-electron chi connectivity index (χ4n) is 1.63. The van der Waals surface area contributed by atoms with Crippen molar-refractivity contribution in [3.05, 3.63) is 56.2 Å².